The van der Waals surface area contributed by atoms with Crippen LogP contribution >= 0.6 is 11.6 Å². The number of aromatic nitrogens is 1. The van der Waals surface area contributed by atoms with E-state index in [4.69, 9.17) is 16.3 Å². The third-order valence-electron chi connectivity index (χ3n) is 8.42. The minimum absolute atomic E-state index is 0.119. The molecule has 2 heterocycles. The standard InChI is InChI=1S/C33H41ClFN5O5S/c1-22(2)31(24-10-12-25(34)13-11-24)33(21-41,39-32(42)45-4)20-38-30-19-37-18-29(35)28(30)15-14-26-17-36-16-23(3)40(26)46(43,44)27-8-6-5-7-9-27/h5-13,18-19,21-23,26,31,36,38H,14-17,20H2,1-4H3,(H,39,42)/t23-,26-,31+,33-/m0/s1. The largest absolute Gasteiger partial charge is 0.453 e. The van der Waals surface area contributed by atoms with Crippen molar-refractivity contribution in [1.82, 2.24) is 19.9 Å². The van der Waals surface area contributed by atoms with Gasteiger partial charge in [0.1, 0.15) is 17.6 Å². The molecule has 2 aromatic carbocycles. The number of halogens is 2. The summed E-state index contributed by atoms with van der Waals surface area (Å²) in [5.41, 5.74) is -0.135. The SMILES string of the molecule is COC(=O)N[C@](C=O)(CNc1cncc(F)c1CC[C@H]1CNC[C@H](C)N1S(=O)(=O)c1ccccc1)[C@@H](c1ccc(Cl)cc1)C(C)C. The predicted octanol–water partition coefficient (Wildman–Crippen LogP) is 5.00. The molecule has 1 aliphatic heterocycles. The van der Waals surface area contributed by atoms with E-state index >= 15 is 4.39 Å². The molecule has 10 nitrogen and oxygen atoms in total. The van der Waals surface area contributed by atoms with Crippen LogP contribution in [-0.4, -0.2) is 74.5 Å². The molecule has 0 bridgehead atoms. The van der Waals surface area contributed by atoms with Crippen molar-refractivity contribution in [2.45, 2.75) is 62.0 Å². The van der Waals surface area contributed by atoms with Crippen molar-refractivity contribution >= 4 is 39.7 Å². The summed E-state index contributed by atoms with van der Waals surface area (Å²) in [5, 5.41) is 9.73. The fourth-order valence-corrected chi connectivity index (χ4v) is 8.35. The Bertz CT molecular complexity index is 1600. The maximum atomic E-state index is 15.4. The molecule has 1 aromatic heterocycles. The molecule has 46 heavy (non-hydrogen) atoms. The van der Waals surface area contributed by atoms with Crippen LogP contribution in [0.2, 0.25) is 5.02 Å². The smallest absolute Gasteiger partial charge is 0.407 e. The van der Waals surface area contributed by atoms with Gasteiger partial charge in [0.2, 0.25) is 10.0 Å². The Morgan fingerprint density at radius 3 is 2.50 bits per heavy atom. The van der Waals surface area contributed by atoms with Gasteiger partial charge >= 0.3 is 6.09 Å². The lowest BCUT2D eigenvalue weighted by Crippen LogP contribution is -2.59. The fraction of sp³-hybridized carbons (Fsp3) is 0.424. The lowest BCUT2D eigenvalue weighted by atomic mass is 9.73. The normalized spacial score (nSPS) is 19.2. The number of aldehydes is 1. The van der Waals surface area contributed by atoms with Gasteiger partial charge in [-0.3, -0.25) is 4.98 Å². The lowest BCUT2D eigenvalue weighted by Gasteiger charge is -2.40. The van der Waals surface area contributed by atoms with Gasteiger partial charge in [-0.1, -0.05) is 55.8 Å². The Kier molecular flexibility index (Phi) is 11.8. The summed E-state index contributed by atoms with van der Waals surface area (Å²) in [6, 6.07) is 14.5. The van der Waals surface area contributed by atoms with Gasteiger partial charge < -0.3 is 25.5 Å². The molecule has 4 rings (SSSR count). The fourth-order valence-electron chi connectivity index (χ4n) is 6.36. The summed E-state index contributed by atoms with van der Waals surface area (Å²) in [4.78, 5) is 29.8. The van der Waals surface area contributed by atoms with Crippen molar-refractivity contribution < 1.29 is 27.1 Å². The average Bonchev–Trinajstić information content (AvgIpc) is 3.04. The van der Waals surface area contributed by atoms with Gasteiger partial charge in [0.15, 0.2) is 0 Å². The number of nitrogens with zero attached hydrogens (tertiary/aromatic N) is 2. The zero-order valence-corrected chi connectivity index (χ0v) is 27.9. The van der Waals surface area contributed by atoms with Crippen molar-refractivity contribution in [3.05, 3.63) is 89.0 Å². The minimum Gasteiger partial charge on any atom is -0.453 e. The monoisotopic (exact) mass is 673 g/mol. The average molecular weight is 674 g/mol. The van der Waals surface area contributed by atoms with Gasteiger partial charge in [0.05, 0.1) is 30.1 Å². The molecule has 4 atom stereocenters. The molecule has 3 aromatic rings. The first-order valence-corrected chi connectivity index (χ1v) is 17.0. The Morgan fingerprint density at radius 2 is 1.87 bits per heavy atom. The molecule has 0 spiro atoms. The van der Waals surface area contributed by atoms with Crippen LogP contribution in [0.3, 0.4) is 0 Å². The van der Waals surface area contributed by atoms with Crippen LogP contribution < -0.4 is 16.0 Å². The van der Waals surface area contributed by atoms with Crippen molar-refractivity contribution in [3.63, 3.8) is 0 Å². The number of piperazine rings is 1. The van der Waals surface area contributed by atoms with E-state index in [0.717, 1.165) is 11.8 Å². The van der Waals surface area contributed by atoms with E-state index in [1.807, 2.05) is 20.8 Å². The van der Waals surface area contributed by atoms with E-state index in [1.165, 1.54) is 17.6 Å². The van der Waals surface area contributed by atoms with Crippen molar-refractivity contribution in [3.8, 4) is 0 Å². The molecular weight excluding hydrogens is 633 g/mol. The van der Waals surface area contributed by atoms with E-state index in [1.54, 1.807) is 54.6 Å². The highest BCUT2D eigenvalue weighted by Crippen LogP contribution is 2.36. The molecule has 0 unspecified atom stereocenters. The summed E-state index contributed by atoms with van der Waals surface area (Å²) in [7, 11) is -2.60. The molecule has 13 heteroatoms. The number of benzene rings is 2. The molecule has 3 N–H and O–H groups in total. The maximum Gasteiger partial charge on any atom is 0.407 e. The van der Waals surface area contributed by atoms with E-state index in [-0.39, 0.29) is 35.4 Å². The summed E-state index contributed by atoms with van der Waals surface area (Å²) in [6.07, 6.45) is 2.93. The Hall–Kier alpha value is -3.58. The number of alkyl carbamates (subject to hydrolysis) is 1. The number of amides is 1. The molecule has 0 aliphatic carbocycles. The van der Waals surface area contributed by atoms with Crippen molar-refractivity contribution in [2.24, 2.45) is 5.92 Å². The molecule has 1 saturated heterocycles. The second kappa shape index (κ2) is 15.3. The molecular formula is C33H41ClFN5O5S. The van der Waals surface area contributed by atoms with Crippen LogP contribution in [0.4, 0.5) is 14.9 Å². The van der Waals surface area contributed by atoms with Crippen LogP contribution in [-0.2, 0) is 26.0 Å². The van der Waals surface area contributed by atoms with Gasteiger partial charge in [0, 0.05) is 48.2 Å². The number of ether oxygens (including phenoxy) is 1. The molecule has 0 radical (unpaired) electrons. The highest BCUT2D eigenvalue weighted by Gasteiger charge is 2.44. The zero-order valence-electron chi connectivity index (χ0n) is 26.4. The number of hydrogen-bond acceptors (Lipinski definition) is 8. The second-order valence-corrected chi connectivity index (χ2v) is 14.2. The van der Waals surface area contributed by atoms with E-state index in [0.29, 0.717) is 36.5 Å². The van der Waals surface area contributed by atoms with Crippen LogP contribution in [0.25, 0.3) is 0 Å². The Morgan fingerprint density at radius 1 is 1.17 bits per heavy atom. The number of carbonyl (C=O) groups is 2. The van der Waals surface area contributed by atoms with Gasteiger partial charge in [-0.2, -0.15) is 4.31 Å². The summed E-state index contributed by atoms with van der Waals surface area (Å²) in [6.45, 7) is 6.48. The Labute approximate surface area is 275 Å². The second-order valence-electron chi connectivity index (χ2n) is 11.9. The predicted molar refractivity (Wildman–Crippen MR) is 176 cm³/mol. The van der Waals surface area contributed by atoms with Gasteiger partial charge in [0.25, 0.3) is 0 Å². The number of pyridine rings is 1. The summed E-state index contributed by atoms with van der Waals surface area (Å²) < 4.78 is 49.2. The van der Waals surface area contributed by atoms with Crippen LogP contribution in [0.5, 0.6) is 0 Å². The maximum absolute atomic E-state index is 15.4. The first kappa shape index (κ1) is 35.3. The number of carbonyl (C=O) groups excluding carboxylic acids is 2. The van der Waals surface area contributed by atoms with Crippen LogP contribution in [0.15, 0.2) is 71.9 Å². The number of nitrogens with one attached hydrogen (secondary N) is 3. The number of anilines is 1. The van der Waals surface area contributed by atoms with Gasteiger partial charge in [-0.05, 0) is 55.5 Å². The third-order valence-corrected chi connectivity index (χ3v) is 10.8. The topological polar surface area (TPSA) is 130 Å². The van der Waals surface area contributed by atoms with E-state index < -0.39 is 39.4 Å². The van der Waals surface area contributed by atoms with Crippen molar-refractivity contribution in [1.29, 1.82) is 0 Å². The first-order chi connectivity index (χ1) is 21.9. The van der Waals surface area contributed by atoms with Crippen LogP contribution in [0.1, 0.15) is 44.2 Å². The summed E-state index contributed by atoms with van der Waals surface area (Å²) >= 11 is 6.13. The number of rotatable bonds is 13. The highest BCUT2D eigenvalue weighted by molar-refractivity contribution is 7.89. The van der Waals surface area contributed by atoms with Crippen molar-refractivity contribution in [2.75, 3.05) is 32.1 Å². The molecule has 1 aliphatic rings. The quantitative estimate of drug-likeness (QED) is 0.216. The highest BCUT2D eigenvalue weighted by atomic mass is 35.5. The molecule has 1 amide bonds. The lowest BCUT2D eigenvalue weighted by molar-refractivity contribution is -0.114. The number of sulfonamides is 1. The van der Waals surface area contributed by atoms with Gasteiger partial charge in [-0.15, -0.1) is 0 Å². The van der Waals surface area contributed by atoms with Crippen LogP contribution in [0, 0.1) is 11.7 Å². The first-order valence-electron chi connectivity index (χ1n) is 15.2. The minimum atomic E-state index is -3.81. The van der Waals surface area contributed by atoms with E-state index in [2.05, 4.69) is 20.9 Å². The van der Waals surface area contributed by atoms with Gasteiger partial charge in [-0.25, -0.2) is 17.6 Å². The molecule has 248 valence electrons. The zero-order chi connectivity index (χ0) is 33.5. The summed E-state index contributed by atoms with van der Waals surface area (Å²) in [5.74, 6) is -1.23. The Balaban J connectivity index is 1.63. The molecule has 1 fully saturated rings. The number of methoxy groups -OCH3 is 1. The number of hydrogen-bond donors (Lipinski definition) is 3. The third kappa shape index (κ3) is 7.86. The molecule has 0 saturated carbocycles. The van der Waals surface area contributed by atoms with E-state index in [9.17, 15) is 18.0 Å².